The lowest BCUT2D eigenvalue weighted by atomic mass is 9.91. The molecule has 0 radical (unpaired) electrons. The van der Waals surface area contributed by atoms with E-state index in [0.717, 1.165) is 47.9 Å². The molecule has 1 aromatic rings. The molecule has 2 unspecified atom stereocenters. The summed E-state index contributed by atoms with van der Waals surface area (Å²) in [4.78, 5) is 11.3. The average Bonchev–Trinajstić information content (AvgIpc) is 3.16. The topological polar surface area (TPSA) is 29.0 Å². The fourth-order valence-electron chi connectivity index (χ4n) is 3.24. The van der Waals surface area contributed by atoms with Crippen LogP contribution in [-0.4, -0.2) is 23.1 Å². The summed E-state index contributed by atoms with van der Waals surface area (Å²) in [5, 5.41) is 0. The van der Waals surface area contributed by atoms with E-state index in [1.165, 1.54) is 19.3 Å². The highest BCUT2D eigenvalue weighted by Gasteiger charge is 2.40. The molecule has 2 atom stereocenters. The highest BCUT2D eigenvalue weighted by atomic mass is 15.2. The molecule has 2 aliphatic rings. The summed E-state index contributed by atoms with van der Waals surface area (Å²) in [7, 11) is 0. The highest BCUT2D eigenvalue weighted by molar-refractivity contribution is 5.59. The van der Waals surface area contributed by atoms with E-state index in [9.17, 15) is 0 Å². The van der Waals surface area contributed by atoms with Crippen molar-refractivity contribution in [1.29, 1.82) is 0 Å². The van der Waals surface area contributed by atoms with Crippen molar-refractivity contribution in [3.63, 3.8) is 0 Å². The van der Waals surface area contributed by atoms with Gasteiger partial charge in [0.25, 0.3) is 0 Å². The Morgan fingerprint density at radius 1 is 1.26 bits per heavy atom. The zero-order chi connectivity index (χ0) is 13.4. The standard InChI is InChI=1S/C16H23N3/c1-11(2)14-9-17-16(18-10-14)19-6-4-13(5-7-19)15-8-12(15)3/h9-10,12-13,15H,1,4-8H2,2-3H3. The van der Waals surface area contributed by atoms with E-state index >= 15 is 0 Å². The van der Waals surface area contributed by atoms with Crippen LogP contribution in [0.4, 0.5) is 5.95 Å². The smallest absolute Gasteiger partial charge is 0.225 e. The minimum atomic E-state index is 0.882. The first kappa shape index (κ1) is 12.6. The summed E-state index contributed by atoms with van der Waals surface area (Å²) < 4.78 is 0. The van der Waals surface area contributed by atoms with Gasteiger partial charge in [-0.2, -0.15) is 0 Å². The first-order valence-corrected chi connectivity index (χ1v) is 7.38. The van der Waals surface area contributed by atoms with Gasteiger partial charge in [-0.1, -0.05) is 13.5 Å². The van der Waals surface area contributed by atoms with Crippen LogP contribution in [0.2, 0.25) is 0 Å². The molecule has 1 aliphatic heterocycles. The van der Waals surface area contributed by atoms with Crippen molar-refractivity contribution in [2.45, 2.75) is 33.1 Å². The second-order valence-corrected chi connectivity index (χ2v) is 6.25. The van der Waals surface area contributed by atoms with Crippen LogP contribution >= 0.6 is 0 Å². The summed E-state index contributed by atoms with van der Waals surface area (Å²) in [5.74, 6) is 3.81. The summed E-state index contributed by atoms with van der Waals surface area (Å²) >= 11 is 0. The van der Waals surface area contributed by atoms with E-state index in [1.807, 2.05) is 19.3 Å². The maximum Gasteiger partial charge on any atom is 0.225 e. The van der Waals surface area contributed by atoms with Crippen molar-refractivity contribution in [3.8, 4) is 0 Å². The van der Waals surface area contributed by atoms with Gasteiger partial charge in [0.1, 0.15) is 0 Å². The minimum Gasteiger partial charge on any atom is -0.341 e. The third kappa shape index (κ3) is 2.65. The van der Waals surface area contributed by atoms with Crippen LogP contribution in [0.5, 0.6) is 0 Å². The molecule has 1 aliphatic carbocycles. The molecule has 2 heterocycles. The van der Waals surface area contributed by atoms with E-state index < -0.39 is 0 Å². The third-order valence-corrected chi connectivity index (χ3v) is 4.73. The summed E-state index contributed by atoms with van der Waals surface area (Å²) in [6, 6.07) is 0. The van der Waals surface area contributed by atoms with E-state index in [1.54, 1.807) is 0 Å². The highest BCUT2D eigenvalue weighted by Crippen LogP contribution is 2.47. The molecule has 1 saturated heterocycles. The predicted molar refractivity (Wildman–Crippen MR) is 78.9 cm³/mol. The molecular formula is C16H23N3. The Hall–Kier alpha value is -1.38. The van der Waals surface area contributed by atoms with Crippen LogP contribution in [0.15, 0.2) is 19.0 Å². The normalized spacial score (nSPS) is 27.4. The monoisotopic (exact) mass is 257 g/mol. The van der Waals surface area contributed by atoms with E-state index in [-0.39, 0.29) is 0 Å². The zero-order valence-corrected chi connectivity index (χ0v) is 12.0. The number of anilines is 1. The molecule has 0 aromatic carbocycles. The quantitative estimate of drug-likeness (QED) is 0.831. The number of aromatic nitrogens is 2. The predicted octanol–water partition coefficient (Wildman–Crippen LogP) is 3.38. The van der Waals surface area contributed by atoms with Crippen LogP contribution < -0.4 is 4.90 Å². The Morgan fingerprint density at radius 2 is 1.84 bits per heavy atom. The molecule has 3 rings (SSSR count). The molecule has 0 bridgehead atoms. The first-order valence-electron chi connectivity index (χ1n) is 7.38. The first-order chi connectivity index (χ1) is 9.15. The molecule has 1 aromatic heterocycles. The maximum absolute atomic E-state index is 4.48. The molecule has 0 spiro atoms. The number of hydrogen-bond acceptors (Lipinski definition) is 3. The van der Waals surface area contributed by atoms with Crippen LogP contribution in [0.1, 0.15) is 38.7 Å². The van der Waals surface area contributed by atoms with Crippen molar-refractivity contribution in [3.05, 3.63) is 24.5 Å². The van der Waals surface area contributed by atoms with Gasteiger partial charge in [-0.05, 0) is 49.5 Å². The summed E-state index contributed by atoms with van der Waals surface area (Å²) in [6.07, 6.45) is 7.84. The molecule has 0 amide bonds. The largest absolute Gasteiger partial charge is 0.341 e. The van der Waals surface area contributed by atoms with Gasteiger partial charge in [0.2, 0.25) is 5.95 Å². The Labute approximate surface area is 115 Å². The molecule has 2 fully saturated rings. The van der Waals surface area contributed by atoms with Gasteiger partial charge >= 0.3 is 0 Å². The molecular weight excluding hydrogens is 234 g/mol. The van der Waals surface area contributed by atoms with Gasteiger partial charge in [0, 0.05) is 31.0 Å². The molecule has 0 N–H and O–H groups in total. The number of allylic oxidation sites excluding steroid dienone is 1. The zero-order valence-electron chi connectivity index (χ0n) is 12.0. The van der Waals surface area contributed by atoms with Gasteiger partial charge in [0.15, 0.2) is 0 Å². The number of nitrogens with zero attached hydrogens (tertiary/aromatic N) is 3. The van der Waals surface area contributed by atoms with Crippen molar-refractivity contribution in [2.75, 3.05) is 18.0 Å². The molecule has 3 heteroatoms. The minimum absolute atomic E-state index is 0.882. The molecule has 3 nitrogen and oxygen atoms in total. The lowest BCUT2D eigenvalue weighted by Gasteiger charge is -2.32. The lowest BCUT2D eigenvalue weighted by molar-refractivity contribution is 0.348. The fraction of sp³-hybridized carbons (Fsp3) is 0.625. The Kier molecular flexibility index (Phi) is 3.29. The Bertz CT molecular complexity index is 457. The van der Waals surface area contributed by atoms with Gasteiger partial charge in [0.05, 0.1) is 0 Å². The van der Waals surface area contributed by atoms with E-state index in [0.29, 0.717) is 0 Å². The van der Waals surface area contributed by atoms with Crippen molar-refractivity contribution in [2.24, 2.45) is 17.8 Å². The summed E-state index contributed by atoms with van der Waals surface area (Å²) in [5.41, 5.74) is 2.05. The molecule has 102 valence electrons. The number of rotatable bonds is 3. The van der Waals surface area contributed by atoms with Crippen LogP contribution in [0.3, 0.4) is 0 Å². The molecule has 19 heavy (non-hydrogen) atoms. The second kappa shape index (κ2) is 4.95. The Balaban J connectivity index is 1.60. The third-order valence-electron chi connectivity index (χ3n) is 4.73. The Morgan fingerprint density at radius 3 is 2.32 bits per heavy atom. The van der Waals surface area contributed by atoms with E-state index in [2.05, 4.69) is 28.4 Å². The summed E-state index contributed by atoms with van der Waals surface area (Å²) in [6.45, 7) is 10.5. The fourth-order valence-corrected chi connectivity index (χ4v) is 3.24. The number of hydrogen-bond donors (Lipinski definition) is 0. The average molecular weight is 257 g/mol. The van der Waals surface area contributed by atoms with Crippen molar-refractivity contribution < 1.29 is 0 Å². The van der Waals surface area contributed by atoms with E-state index in [4.69, 9.17) is 0 Å². The van der Waals surface area contributed by atoms with Gasteiger partial charge < -0.3 is 4.90 Å². The number of piperidine rings is 1. The van der Waals surface area contributed by atoms with Crippen LogP contribution in [-0.2, 0) is 0 Å². The van der Waals surface area contributed by atoms with Gasteiger partial charge in [-0.25, -0.2) is 9.97 Å². The maximum atomic E-state index is 4.48. The van der Waals surface area contributed by atoms with Crippen molar-refractivity contribution >= 4 is 11.5 Å². The van der Waals surface area contributed by atoms with Crippen LogP contribution in [0.25, 0.3) is 5.57 Å². The molecule has 1 saturated carbocycles. The van der Waals surface area contributed by atoms with Crippen molar-refractivity contribution in [1.82, 2.24) is 9.97 Å². The second-order valence-electron chi connectivity index (χ2n) is 6.25. The van der Waals surface area contributed by atoms with Crippen LogP contribution in [0, 0.1) is 17.8 Å². The van der Waals surface area contributed by atoms with Gasteiger partial charge in [-0.3, -0.25) is 0 Å². The van der Waals surface area contributed by atoms with Gasteiger partial charge in [-0.15, -0.1) is 0 Å². The SMILES string of the molecule is C=C(C)c1cnc(N2CCC(C3CC3C)CC2)nc1. The lowest BCUT2D eigenvalue weighted by Crippen LogP contribution is -2.35.